The van der Waals surface area contributed by atoms with Crippen molar-refractivity contribution in [1.29, 1.82) is 0 Å². The fourth-order valence-electron chi connectivity index (χ4n) is 4.67. The van der Waals surface area contributed by atoms with Gasteiger partial charge in [0.05, 0.1) is 23.8 Å². The molecule has 0 unspecified atom stereocenters. The van der Waals surface area contributed by atoms with Crippen molar-refractivity contribution in [3.63, 3.8) is 0 Å². The molecule has 0 fully saturated rings. The molecule has 0 radical (unpaired) electrons. The third-order valence-corrected chi connectivity index (χ3v) is 7.18. The lowest BCUT2D eigenvalue weighted by atomic mass is 9.85. The number of nitrogens with two attached hydrogens (primary N) is 2. The predicted molar refractivity (Wildman–Crippen MR) is 167 cm³/mol. The highest BCUT2D eigenvalue weighted by atomic mass is 35.5. The molecule has 0 spiro atoms. The standard InChI is InChI=1S/C25H32ClFN6O4.2C2HF3O2/c1-30-10-13-2-5-17-18(8-13)16(6-4-15(35)12-34)19(11-31-25(28)29)22(17)33-24(37)23(36)32-14-3-7-20(26)21(27)9-14;2*3-2(4,5)1(6)7/h2-3,5,7-9,15-16,19,22,30,34-35H,4,6,10-12H2,1H3,(H,32,36)(H,33,37)(H4,28,29,31);2*(H,6,7)/t15-,16+,19-,22-;;/m0../s1. The quantitative estimate of drug-likeness (QED) is 0.0736. The number of benzene rings is 2. The number of aliphatic imine (C=N–C) groups is 1. The fourth-order valence-corrected chi connectivity index (χ4v) is 4.78. The Morgan fingerprint density at radius 3 is 1.98 bits per heavy atom. The van der Waals surface area contributed by atoms with Gasteiger partial charge in [0.2, 0.25) is 0 Å². The number of rotatable bonds is 10. The van der Waals surface area contributed by atoms with Gasteiger partial charge in [0.25, 0.3) is 0 Å². The molecule has 2 amide bonds. The van der Waals surface area contributed by atoms with Crippen LogP contribution in [0.5, 0.6) is 0 Å². The van der Waals surface area contributed by atoms with Crippen molar-refractivity contribution in [2.45, 2.75) is 49.8 Å². The van der Waals surface area contributed by atoms with Crippen LogP contribution in [0.3, 0.4) is 0 Å². The van der Waals surface area contributed by atoms with Gasteiger partial charge in [0.1, 0.15) is 5.82 Å². The second kappa shape index (κ2) is 19.6. The van der Waals surface area contributed by atoms with Crippen LogP contribution in [0.4, 0.5) is 36.4 Å². The predicted octanol–water partition coefficient (Wildman–Crippen LogP) is 2.38. The van der Waals surface area contributed by atoms with E-state index in [2.05, 4.69) is 20.9 Å². The van der Waals surface area contributed by atoms with E-state index in [1.165, 1.54) is 12.1 Å². The highest BCUT2D eigenvalue weighted by Crippen LogP contribution is 2.48. The first-order valence-corrected chi connectivity index (χ1v) is 14.7. The van der Waals surface area contributed by atoms with Gasteiger partial charge in [-0.25, -0.2) is 14.0 Å². The van der Waals surface area contributed by atoms with Crippen molar-refractivity contribution in [2.24, 2.45) is 22.4 Å². The number of anilines is 1. The number of aliphatic hydroxyl groups is 2. The van der Waals surface area contributed by atoms with Gasteiger partial charge in [-0.15, -0.1) is 0 Å². The van der Waals surface area contributed by atoms with Crippen LogP contribution < -0.4 is 27.4 Å². The summed E-state index contributed by atoms with van der Waals surface area (Å²) in [6, 6.07) is 8.90. The summed E-state index contributed by atoms with van der Waals surface area (Å²) < 4.78 is 77.2. The van der Waals surface area contributed by atoms with E-state index in [4.69, 9.17) is 42.9 Å². The van der Waals surface area contributed by atoms with E-state index in [1.54, 1.807) is 0 Å². The summed E-state index contributed by atoms with van der Waals surface area (Å²) in [5, 5.41) is 41.7. The number of nitrogens with zero attached hydrogens (tertiary/aromatic N) is 1. The third-order valence-electron chi connectivity index (χ3n) is 6.87. The molecule has 14 nitrogen and oxygen atoms in total. The number of halogens is 8. The highest BCUT2D eigenvalue weighted by molar-refractivity contribution is 6.39. The van der Waals surface area contributed by atoms with E-state index in [9.17, 15) is 50.5 Å². The van der Waals surface area contributed by atoms with Crippen molar-refractivity contribution < 1.29 is 70.3 Å². The van der Waals surface area contributed by atoms with Gasteiger partial charge in [0, 0.05) is 24.7 Å². The van der Waals surface area contributed by atoms with Gasteiger partial charge in [-0.2, -0.15) is 26.3 Å². The molecule has 2 aromatic carbocycles. The molecule has 0 bridgehead atoms. The summed E-state index contributed by atoms with van der Waals surface area (Å²) in [7, 11) is 1.83. The molecule has 1 aliphatic rings. The number of hydrogen-bond donors (Lipinski definition) is 9. The number of aliphatic hydroxyl groups excluding tert-OH is 2. The largest absolute Gasteiger partial charge is 0.490 e. The van der Waals surface area contributed by atoms with Gasteiger partial charge in [-0.05, 0) is 60.7 Å². The molecule has 284 valence electrons. The van der Waals surface area contributed by atoms with Gasteiger partial charge >= 0.3 is 36.1 Å². The normalized spacial score (nSPS) is 17.0. The van der Waals surface area contributed by atoms with Crippen LogP contribution in [-0.4, -0.2) is 88.8 Å². The van der Waals surface area contributed by atoms with E-state index in [0.717, 1.165) is 22.8 Å². The van der Waals surface area contributed by atoms with Crippen molar-refractivity contribution >= 4 is 47.0 Å². The van der Waals surface area contributed by atoms with Gasteiger partial charge in [-0.3, -0.25) is 14.6 Å². The molecular weight excluding hydrogens is 729 g/mol. The average molecular weight is 763 g/mol. The van der Waals surface area contributed by atoms with Crippen LogP contribution >= 0.6 is 11.6 Å². The molecule has 3 rings (SSSR count). The molecule has 2 aromatic rings. The first kappa shape index (κ1) is 44.3. The van der Waals surface area contributed by atoms with Crippen LogP contribution in [0.2, 0.25) is 5.02 Å². The topological polar surface area (TPSA) is 250 Å². The zero-order valence-corrected chi connectivity index (χ0v) is 27.1. The molecule has 0 aromatic heterocycles. The van der Waals surface area contributed by atoms with Gasteiger partial charge in [-0.1, -0.05) is 29.8 Å². The summed E-state index contributed by atoms with van der Waals surface area (Å²) >= 11 is 5.68. The Balaban J connectivity index is 0.000000780. The number of hydrogen-bond acceptors (Lipinski definition) is 8. The Morgan fingerprint density at radius 1 is 0.941 bits per heavy atom. The first-order chi connectivity index (χ1) is 23.5. The minimum atomic E-state index is -5.08. The molecule has 4 atom stereocenters. The Labute approximate surface area is 289 Å². The monoisotopic (exact) mass is 762 g/mol. The maximum Gasteiger partial charge on any atom is 0.490 e. The highest BCUT2D eigenvalue weighted by Gasteiger charge is 2.42. The maximum atomic E-state index is 13.8. The first-order valence-electron chi connectivity index (χ1n) is 14.3. The molecule has 0 heterocycles. The molecule has 0 saturated heterocycles. The number of carboxylic acid groups (broad SMARTS) is 2. The SMILES string of the molecule is CNCc1ccc2c(c1)[C@@H](CC[C@H](O)CO)[C@H](CN=C(N)N)[C@H]2NC(=O)C(=O)Nc1ccc(Cl)c(F)c1.O=C(O)C(F)(F)F.O=C(O)C(F)(F)F. The van der Waals surface area contributed by atoms with Crippen LogP contribution in [0.15, 0.2) is 41.4 Å². The van der Waals surface area contributed by atoms with E-state index < -0.39 is 54.1 Å². The maximum absolute atomic E-state index is 13.8. The van der Waals surface area contributed by atoms with Crippen molar-refractivity contribution in [3.8, 4) is 0 Å². The third kappa shape index (κ3) is 14.6. The molecule has 11 N–H and O–H groups in total. The Morgan fingerprint density at radius 2 is 1.51 bits per heavy atom. The lowest BCUT2D eigenvalue weighted by Crippen LogP contribution is -2.40. The molecule has 51 heavy (non-hydrogen) atoms. The zero-order valence-electron chi connectivity index (χ0n) is 26.4. The van der Waals surface area contributed by atoms with Crippen LogP contribution in [-0.2, 0) is 25.7 Å². The Hall–Kier alpha value is -4.73. The number of carbonyl (C=O) groups is 4. The lowest BCUT2D eigenvalue weighted by Gasteiger charge is -2.25. The van der Waals surface area contributed by atoms with Gasteiger partial charge in [0.15, 0.2) is 5.96 Å². The number of fused-ring (bicyclic) bond motifs is 1. The second-order valence-electron chi connectivity index (χ2n) is 10.6. The Kier molecular flexibility index (Phi) is 17.0. The molecular formula is C29H34ClF7N6O8. The van der Waals surface area contributed by atoms with E-state index in [-0.39, 0.29) is 41.7 Å². The number of guanidine groups is 1. The van der Waals surface area contributed by atoms with Crippen molar-refractivity contribution in [3.05, 3.63) is 63.9 Å². The number of nitrogens with one attached hydrogen (secondary N) is 3. The summed E-state index contributed by atoms with van der Waals surface area (Å²) in [6.45, 7) is 0.408. The summed E-state index contributed by atoms with van der Waals surface area (Å²) in [5.41, 5.74) is 14.0. The van der Waals surface area contributed by atoms with Gasteiger partial charge < -0.3 is 47.8 Å². The Bertz CT molecular complexity index is 1530. The van der Waals surface area contributed by atoms with Crippen LogP contribution in [0.1, 0.15) is 41.5 Å². The van der Waals surface area contributed by atoms with E-state index in [0.29, 0.717) is 19.4 Å². The summed E-state index contributed by atoms with van der Waals surface area (Å²) in [4.78, 5) is 47.5. The van der Waals surface area contributed by atoms with Crippen molar-refractivity contribution in [1.82, 2.24) is 10.6 Å². The zero-order chi connectivity index (χ0) is 39.3. The number of carbonyl (C=O) groups excluding carboxylic acids is 2. The second-order valence-corrected chi connectivity index (χ2v) is 11.0. The smallest absolute Gasteiger partial charge is 0.475 e. The molecule has 1 aliphatic carbocycles. The fraction of sp³-hybridized carbons (Fsp3) is 0.414. The molecule has 0 aliphatic heterocycles. The van der Waals surface area contributed by atoms with Crippen LogP contribution in [0, 0.1) is 11.7 Å². The minimum absolute atomic E-state index is 0.0819. The number of aliphatic carboxylic acids is 2. The van der Waals surface area contributed by atoms with Crippen molar-refractivity contribution in [2.75, 3.05) is 25.5 Å². The molecule has 0 saturated carbocycles. The molecule has 22 heteroatoms. The number of alkyl halides is 6. The number of carboxylic acids is 2. The van der Waals surface area contributed by atoms with E-state index >= 15 is 0 Å². The minimum Gasteiger partial charge on any atom is -0.475 e. The number of amides is 2. The lowest BCUT2D eigenvalue weighted by molar-refractivity contribution is -0.193. The summed E-state index contributed by atoms with van der Waals surface area (Å²) in [6.07, 6.45) is -10.3. The van der Waals surface area contributed by atoms with Crippen LogP contribution in [0.25, 0.3) is 0 Å². The average Bonchev–Trinajstić information content (AvgIpc) is 3.31. The van der Waals surface area contributed by atoms with E-state index in [1.807, 2.05) is 25.2 Å². The summed E-state index contributed by atoms with van der Waals surface area (Å²) in [5.74, 6) is -8.76.